The summed E-state index contributed by atoms with van der Waals surface area (Å²) in [5, 5.41) is 12.4. The zero-order valence-corrected chi connectivity index (χ0v) is 13.6. The van der Waals surface area contributed by atoms with Crippen LogP contribution in [0.4, 0.5) is 0 Å². The minimum absolute atomic E-state index is 0.216. The summed E-state index contributed by atoms with van der Waals surface area (Å²) in [4.78, 5) is 0. The Morgan fingerprint density at radius 3 is 2.57 bits per heavy atom. The molecule has 0 bridgehead atoms. The van der Waals surface area contributed by atoms with Crippen LogP contribution in [0.5, 0.6) is 5.75 Å². The van der Waals surface area contributed by atoms with Crippen LogP contribution in [0.25, 0.3) is 0 Å². The molecule has 0 saturated heterocycles. The summed E-state index contributed by atoms with van der Waals surface area (Å²) in [5.74, 6) is 0.796. The SMILES string of the molecule is COc1ccc(C#N)cc1CN[C@@H](C)c1ccc(Br)cc1. The highest BCUT2D eigenvalue weighted by Gasteiger charge is 2.08. The minimum Gasteiger partial charge on any atom is -0.496 e. The summed E-state index contributed by atoms with van der Waals surface area (Å²) in [5.41, 5.74) is 2.85. The molecule has 2 aromatic rings. The number of halogens is 1. The summed E-state index contributed by atoms with van der Waals surface area (Å²) in [6, 6.07) is 16.1. The number of nitrogens with one attached hydrogen (secondary N) is 1. The zero-order valence-electron chi connectivity index (χ0n) is 12.1. The molecule has 0 spiro atoms. The molecule has 0 fully saturated rings. The average molecular weight is 345 g/mol. The van der Waals surface area contributed by atoms with Crippen LogP contribution in [0.1, 0.15) is 29.7 Å². The molecular formula is C17H17BrN2O. The predicted molar refractivity (Wildman–Crippen MR) is 87.1 cm³/mol. The Kier molecular flexibility index (Phi) is 5.38. The van der Waals surface area contributed by atoms with Crippen LogP contribution in [0, 0.1) is 11.3 Å². The third-order valence-corrected chi connectivity index (χ3v) is 3.91. The molecule has 2 aromatic carbocycles. The van der Waals surface area contributed by atoms with Crippen molar-refractivity contribution < 1.29 is 4.74 Å². The van der Waals surface area contributed by atoms with Crippen molar-refractivity contribution in [1.29, 1.82) is 5.26 Å². The van der Waals surface area contributed by atoms with Crippen molar-refractivity contribution in [2.75, 3.05) is 7.11 Å². The van der Waals surface area contributed by atoms with Gasteiger partial charge in [0.1, 0.15) is 5.75 Å². The number of benzene rings is 2. The van der Waals surface area contributed by atoms with E-state index >= 15 is 0 Å². The van der Waals surface area contributed by atoms with Crippen molar-refractivity contribution in [2.24, 2.45) is 0 Å². The molecule has 0 aromatic heterocycles. The monoisotopic (exact) mass is 344 g/mol. The van der Waals surface area contributed by atoms with Crippen LogP contribution in [0.3, 0.4) is 0 Å². The van der Waals surface area contributed by atoms with Crippen molar-refractivity contribution in [3.05, 3.63) is 63.6 Å². The fraction of sp³-hybridized carbons (Fsp3) is 0.235. The Labute approximate surface area is 133 Å². The first kappa shape index (κ1) is 15.6. The minimum atomic E-state index is 0.216. The van der Waals surface area contributed by atoms with Crippen LogP contribution in [0.15, 0.2) is 46.9 Å². The van der Waals surface area contributed by atoms with E-state index in [4.69, 9.17) is 10.00 Å². The van der Waals surface area contributed by atoms with E-state index in [1.165, 1.54) is 5.56 Å². The van der Waals surface area contributed by atoms with Crippen LogP contribution >= 0.6 is 15.9 Å². The molecule has 21 heavy (non-hydrogen) atoms. The molecule has 1 atom stereocenters. The molecule has 0 radical (unpaired) electrons. The van der Waals surface area contributed by atoms with Gasteiger partial charge in [-0.05, 0) is 42.8 Å². The zero-order chi connectivity index (χ0) is 15.2. The Balaban J connectivity index is 2.08. The number of nitriles is 1. The first-order valence-corrected chi connectivity index (χ1v) is 7.49. The molecule has 0 saturated carbocycles. The molecule has 0 aliphatic carbocycles. The largest absolute Gasteiger partial charge is 0.496 e. The fourth-order valence-corrected chi connectivity index (χ4v) is 2.38. The maximum Gasteiger partial charge on any atom is 0.123 e. The summed E-state index contributed by atoms with van der Waals surface area (Å²) >= 11 is 3.44. The molecule has 4 heteroatoms. The van der Waals surface area contributed by atoms with Crippen molar-refractivity contribution in [1.82, 2.24) is 5.32 Å². The molecule has 0 aliphatic rings. The highest BCUT2D eigenvalue weighted by molar-refractivity contribution is 9.10. The molecule has 108 valence electrons. The van der Waals surface area contributed by atoms with E-state index in [1.807, 2.05) is 24.3 Å². The number of hydrogen-bond donors (Lipinski definition) is 1. The molecule has 0 amide bonds. The van der Waals surface area contributed by atoms with Crippen LogP contribution in [-0.2, 0) is 6.54 Å². The van der Waals surface area contributed by atoms with Gasteiger partial charge in [0, 0.05) is 22.6 Å². The molecular weight excluding hydrogens is 328 g/mol. The van der Waals surface area contributed by atoms with E-state index in [0.717, 1.165) is 15.8 Å². The summed E-state index contributed by atoms with van der Waals surface area (Å²) in [6.45, 7) is 2.76. The molecule has 0 aliphatic heterocycles. The predicted octanol–water partition coefficient (Wildman–Crippen LogP) is 4.18. The Hall–Kier alpha value is -1.83. The third kappa shape index (κ3) is 4.07. The van der Waals surface area contributed by atoms with E-state index in [9.17, 15) is 0 Å². The van der Waals surface area contributed by atoms with E-state index in [-0.39, 0.29) is 6.04 Å². The van der Waals surface area contributed by atoms with Gasteiger partial charge in [-0.3, -0.25) is 0 Å². The lowest BCUT2D eigenvalue weighted by Crippen LogP contribution is -2.18. The van der Waals surface area contributed by atoms with Gasteiger partial charge in [-0.15, -0.1) is 0 Å². The maximum absolute atomic E-state index is 8.99. The fourth-order valence-electron chi connectivity index (χ4n) is 2.12. The lowest BCUT2D eigenvalue weighted by Gasteiger charge is -2.16. The van der Waals surface area contributed by atoms with Crippen molar-refractivity contribution in [3.8, 4) is 11.8 Å². The Bertz CT molecular complexity index is 647. The molecule has 3 nitrogen and oxygen atoms in total. The molecule has 2 rings (SSSR count). The molecule has 0 heterocycles. The number of rotatable bonds is 5. The number of hydrogen-bond acceptors (Lipinski definition) is 3. The van der Waals surface area contributed by atoms with Crippen LogP contribution < -0.4 is 10.1 Å². The first-order chi connectivity index (χ1) is 10.1. The normalized spacial score (nSPS) is 11.7. The molecule has 0 unspecified atom stereocenters. The van der Waals surface area contributed by atoms with E-state index < -0.39 is 0 Å². The third-order valence-electron chi connectivity index (χ3n) is 3.38. The standard InChI is InChI=1S/C17H17BrN2O/c1-12(14-4-6-16(18)7-5-14)20-11-15-9-13(10-19)3-8-17(15)21-2/h3-9,12,20H,11H2,1-2H3/t12-/m0/s1. The highest BCUT2D eigenvalue weighted by atomic mass is 79.9. The van der Waals surface area contributed by atoms with Gasteiger partial charge in [0.25, 0.3) is 0 Å². The van der Waals surface area contributed by atoms with Gasteiger partial charge in [-0.1, -0.05) is 28.1 Å². The topological polar surface area (TPSA) is 45.0 Å². The van der Waals surface area contributed by atoms with Crippen LogP contribution in [0.2, 0.25) is 0 Å². The summed E-state index contributed by atoms with van der Waals surface area (Å²) in [7, 11) is 1.64. The van der Waals surface area contributed by atoms with E-state index in [1.54, 1.807) is 13.2 Å². The highest BCUT2D eigenvalue weighted by Crippen LogP contribution is 2.21. The lowest BCUT2D eigenvalue weighted by molar-refractivity contribution is 0.406. The average Bonchev–Trinajstić information content (AvgIpc) is 2.52. The number of nitrogens with zero attached hydrogens (tertiary/aromatic N) is 1. The smallest absolute Gasteiger partial charge is 0.123 e. The van der Waals surface area contributed by atoms with Gasteiger partial charge in [0.2, 0.25) is 0 Å². The maximum atomic E-state index is 8.99. The van der Waals surface area contributed by atoms with Crippen molar-refractivity contribution >= 4 is 15.9 Å². The van der Waals surface area contributed by atoms with Gasteiger partial charge < -0.3 is 10.1 Å². The number of ether oxygens (including phenoxy) is 1. The lowest BCUT2D eigenvalue weighted by atomic mass is 10.1. The van der Waals surface area contributed by atoms with Gasteiger partial charge in [-0.2, -0.15) is 5.26 Å². The second kappa shape index (κ2) is 7.26. The van der Waals surface area contributed by atoms with E-state index in [0.29, 0.717) is 12.1 Å². The van der Waals surface area contributed by atoms with Crippen molar-refractivity contribution in [3.63, 3.8) is 0 Å². The van der Waals surface area contributed by atoms with Crippen LogP contribution in [-0.4, -0.2) is 7.11 Å². The Morgan fingerprint density at radius 1 is 1.24 bits per heavy atom. The first-order valence-electron chi connectivity index (χ1n) is 6.70. The van der Waals surface area contributed by atoms with Gasteiger partial charge in [0.05, 0.1) is 18.7 Å². The van der Waals surface area contributed by atoms with Gasteiger partial charge >= 0.3 is 0 Å². The summed E-state index contributed by atoms with van der Waals surface area (Å²) in [6.07, 6.45) is 0. The van der Waals surface area contributed by atoms with Gasteiger partial charge in [-0.25, -0.2) is 0 Å². The second-order valence-corrected chi connectivity index (χ2v) is 5.71. The molecule has 1 N–H and O–H groups in total. The Morgan fingerprint density at radius 2 is 1.95 bits per heavy atom. The van der Waals surface area contributed by atoms with E-state index in [2.05, 4.69) is 46.4 Å². The number of methoxy groups -OCH3 is 1. The summed E-state index contributed by atoms with van der Waals surface area (Å²) < 4.78 is 6.41. The second-order valence-electron chi connectivity index (χ2n) is 4.79. The van der Waals surface area contributed by atoms with Gasteiger partial charge in [0.15, 0.2) is 0 Å². The van der Waals surface area contributed by atoms with Crippen molar-refractivity contribution in [2.45, 2.75) is 19.5 Å². The quantitative estimate of drug-likeness (QED) is 0.884.